The Hall–Kier alpha value is -3.92. The second-order valence-electron chi connectivity index (χ2n) is 7.13. The van der Waals surface area contributed by atoms with Crippen molar-refractivity contribution in [3.05, 3.63) is 54.0 Å². The standard InChI is InChI=1S/C21H19FN6O3/c22-15-7-14(18(23)29)20(26-13-6-12-3-1-2-4-16(12)25-8-13)28-21(15)27-17(19(24)30)5-11-9-31-10-11/h1-4,6-8,11H,5,9-10H2,(H2,23,29)(H2,24,30)(H,26,28)/b27-17+. The Morgan fingerprint density at radius 1 is 1.23 bits per heavy atom. The molecule has 0 saturated carbocycles. The minimum Gasteiger partial charge on any atom is -0.381 e. The molecule has 5 N–H and O–H groups in total. The number of amides is 2. The summed E-state index contributed by atoms with van der Waals surface area (Å²) >= 11 is 0. The Morgan fingerprint density at radius 3 is 2.68 bits per heavy atom. The highest BCUT2D eigenvalue weighted by Gasteiger charge is 2.24. The Labute approximate surface area is 176 Å². The number of hydrogen-bond acceptors (Lipinski definition) is 7. The van der Waals surface area contributed by atoms with Gasteiger partial charge in [-0.15, -0.1) is 0 Å². The summed E-state index contributed by atoms with van der Waals surface area (Å²) in [6.45, 7) is 0.954. The number of nitrogens with one attached hydrogen (secondary N) is 1. The Balaban J connectivity index is 1.72. The van der Waals surface area contributed by atoms with Crippen molar-refractivity contribution in [2.75, 3.05) is 18.5 Å². The fourth-order valence-corrected chi connectivity index (χ4v) is 3.12. The number of nitrogens with zero attached hydrogens (tertiary/aromatic N) is 3. The van der Waals surface area contributed by atoms with E-state index in [0.717, 1.165) is 17.0 Å². The van der Waals surface area contributed by atoms with E-state index in [2.05, 4.69) is 20.3 Å². The van der Waals surface area contributed by atoms with Gasteiger partial charge in [-0.1, -0.05) is 18.2 Å². The molecule has 10 heteroatoms. The predicted octanol–water partition coefficient (Wildman–Crippen LogP) is 2.21. The third-order valence-corrected chi connectivity index (χ3v) is 4.79. The Kier molecular flexibility index (Phi) is 5.54. The molecule has 0 spiro atoms. The van der Waals surface area contributed by atoms with Gasteiger partial charge in [-0.25, -0.2) is 14.4 Å². The van der Waals surface area contributed by atoms with Gasteiger partial charge in [-0.05, 0) is 18.2 Å². The van der Waals surface area contributed by atoms with E-state index in [1.807, 2.05) is 24.3 Å². The van der Waals surface area contributed by atoms with Gasteiger partial charge in [0.25, 0.3) is 11.8 Å². The second-order valence-corrected chi connectivity index (χ2v) is 7.13. The summed E-state index contributed by atoms with van der Waals surface area (Å²) in [5.74, 6) is -2.86. The summed E-state index contributed by atoms with van der Waals surface area (Å²) in [4.78, 5) is 36.1. The monoisotopic (exact) mass is 422 g/mol. The minimum absolute atomic E-state index is 0.0134. The number of anilines is 2. The summed E-state index contributed by atoms with van der Waals surface area (Å²) < 4.78 is 19.7. The number of halogens is 1. The molecule has 1 aliphatic rings. The lowest BCUT2D eigenvalue weighted by Gasteiger charge is -2.25. The number of carbonyl (C=O) groups excluding carboxylic acids is 2. The van der Waals surface area contributed by atoms with Crippen LogP contribution >= 0.6 is 0 Å². The number of nitrogens with two attached hydrogens (primary N) is 2. The topological polar surface area (TPSA) is 146 Å². The number of primary amides is 2. The summed E-state index contributed by atoms with van der Waals surface area (Å²) in [5.41, 5.74) is 11.9. The van der Waals surface area contributed by atoms with Crippen molar-refractivity contribution in [3.63, 3.8) is 0 Å². The van der Waals surface area contributed by atoms with Gasteiger partial charge in [-0.2, -0.15) is 0 Å². The third-order valence-electron chi connectivity index (χ3n) is 4.79. The van der Waals surface area contributed by atoms with Crippen LogP contribution in [0, 0.1) is 11.7 Å². The zero-order valence-corrected chi connectivity index (χ0v) is 16.3. The maximum Gasteiger partial charge on any atom is 0.263 e. The first-order valence-corrected chi connectivity index (χ1v) is 9.48. The molecule has 0 unspecified atom stereocenters. The van der Waals surface area contributed by atoms with Crippen LogP contribution in [0.15, 0.2) is 47.6 Å². The highest BCUT2D eigenvalue weighted by Crippen LogP contribution is 2.27. The van der Waals surface area contributed by atoms with Gasteiger partial charge in [-0.3, -0.25) is 14.6 Å². The summed E-state index contributed by atoms with van der Waals surface area (Å²) in [6, 6.07) is 10.2. The molecular weight excluding hydrogens is 403 g/mol. The normalized spacial score (nSPS) is 14.3. The van der Waals surface area contributed by atoms with E-state index in [1.165, 1.54) is 0 Å². The average Bonchev–Trinajstić information content (AvgIpc) is 2.71. The number of carbonyl (C=O) groups is 2. The molecule has 2 aromatic heterocycles. The lowest BCUT2D eigenvalue weighted by molar-refractivity contribution is -0.112. The molecule has 3 heterocycles. The molecule has 0 radical (unpaired) electrons. The van der Waals surface area contributed by atoms with Gasteiger partial charge < -0.3 is 21.5 Å². The van der Waals surface area contributed by atoms with Gasteiger partial charge in [0.1, 0.15) is 11.5 Å². The maximum absolute atomic E-state index is 14.6. The van der Waals surface area contributed by atoms with Crippen LogP contribution in [0.5, 0.6) is 0 Å². The van der Waals surface area contributed by atoms with E-state index in [-0.39, 0.29) is 35.2 Å². The third kappa shape index (κ3) is 4.48. The Bertz CT molecular complexity index is 1210. The zero-order chi connectivity index (χ0) is 22.0. The van der Waals surface area contributed by atoms with E-state index in [1.54, 1.807) is 12.3 Å². The Morgan fingerprint density at radius 2 is 2.00 bits per heavy atom. The number of fused-ring (bicyclic) bond motifs is 1. The number of aliphatic imine (C=N–C) groups is 1. The molecule has 0 aliphatic carbocycles. The van der Waals surface area contributed by atoms with Crippen LogP contribution in [-0.2, 0) is 9.53 Å². The molecule has 9 nitrogen and oxygen atoms in total. The molecule has 0 bridgehead atoms. The van der Waals surface area contributed by atoms with Crippen molar-refractivity contribution < 1.29 is 18.7 Å². The smallest absolute Gasteiger partial charge is 0.263 e. The first-order chi connectivity index (χ1) is 14.9. The number of aromatic nitrogens is 2. The quantitative estimate of drug-likeness (QED) is 0.498. The molecule has 158 valence electrons. The number of hydrogen-bond donors (Lipinski definition) is 3. The maximum atomic E-state index is 14.6. The van der Waals surface area contributed by atoms with Crippen molar-refractivity contribution in [1.82, 2.24) is 9.97 Å². The molecule has 1 aliphatic heterocycles. The van der Waals surface area contributed by atoms with E-state index in [4.69, 9.17) is 16.2 Å². The van der Waals surface area contributed by atoms with Crippen LogP contribution in [0.1, 0.15) is 16.8 Å². The highest BCUT2D eigenvalue weighted by atomic mass is 19.1. The van der Waals surface area contributed by atoms with Gasteiger partial charge in [0.2, 0.25) is 0 Å². The zero-order valence-electron chi connectivity index (χ0n) is 16.3. The number of ether oxygens (including phenoxy) is 1. The molecule has 1 aromatic carbocycles. The van der Waals surface area contributed by atoms with Crippen molar-refractivity contribution in [2.24, 2.45) is 22.4 Å². The van der Waals surface area contributed by atoms with Crippen molar-refractivity contribution >= 4 is 45.8 Å². The van der Waals surface area contributed by atoms with Crippen LogP contribution in [0.4, 0.5) is 21.7 Å². The van der Waals surface area contributed by atoms with Crippen LogP contribution in [-0.4, -0.2) is 40.7 Å². The lowest BCUT2D eigenvalue weighted by atomic mass is 10.0. The van der Waals surface area contributed by atoms with Crippen LogP contribution in [0.25, 0.3) is 10.9 Å². The fraction of sp³-hybridized carbons (Fsp3) is 0.190. The van der Waals surface area contributed by atoms with E-state index >= 15 is 0 Å². The molecule has 0 atom stereocenters. The first kappa shape index (κ1) is 20.4. The van der Waals surface area contributed by atoms with Crippen molar-refractivity contribution in [2.45, 2.75) is 6.42 Å². The van der Waals surface area contributed by atoms with E-state index in [9.17, 15) is 14.0 Å². The van der Waals surface area contributed by atoms with Gasteiger partial charge in [0.15, 0.2) is 11.6 Å². The van der Waals surface area contributed by atoms with Gasteiger partial charge in [0.05, 0.1) is 36.2 Å². The summed E-state index contributed by atoms with van der Waals surface area (Å²) in [7, 11) is 0. The van der Waals surface area contributed by atoms with Gasteiger partial charge >= 0.3 is 0 Å². The number of para-hydroxylation sites is 1. The van der Waals surface area contributed by atoms with Crippen molar-refractivity contribution in [3.8, 4) is 0 Å². The SMILES string of the molecule is NC(=O)/C(CC1COC1)=N/c1nc(Nc2cnc3ccccc3c2)c(C(N)=O)cc1F. The molecule has 2 amide bonds. The molecular formula is C21H19FN6O3. The van der Waals surface area contributed by atoms with Crippen LogP contribution < -0.4 is 16.8 Å². The lowest BCUT2D eigenvalue weighted by Crippen LogP contribution is -2.34. The molecule has 4 rings (SSSR count). The number of rotatable bonds is 7. The number of pyridine rings is 2. The molecule has 3 aromatic rings. The second kappa shape index (κ2) is 8.44. The van der Waals surface area contributed by atoms with Crippen LogP contribution in [0.2, 0.25) is 0 Å². The highest BCUT2D eigenvalue weighted by molar-refractivity contribution is 6.38. The average molecular weight is 422 g/mol. The molecule has 1 saturated heterocycles. The fourth-order valence-electron chi connectivity index (χ4n) is 3.12. The molecule has 31 heavy (non-hydrogen) atoms. The van der Waals surface area contributed by atoms with E-state index in [0.29, 0.717) is 18.9 Å². The van der Waals surface area contributed by atoms with E-state index < -0.39 is 17.6 Å². The number of benzene rings is 1. The largest absolute Gasteiger partial charge is 0.381 e. The molecule has 1 fully saturated rings. The summed E-state index contributed by atoms with van der Waals surface area (Å²) in [5, 5.41) is 3.79. The summed E-state index contributed by atoms with van der Waals surface area (Å²) in [6.07, 6.45) is 1.79. The first-order valence-electron chi connectivity index (χ1n) is 9.48. The predicted molar refractivity (Wildman–Crippen MR) is 113 cm³/mol. The van der Waals surface area contributed by atoms with Crippen molar-refractivity contribution in [1.29, 1.82) is 0 Å². The van der Waals surface area contributed by atoms with Crippen LogP contribution in [0.3, 0.4) is 0 Å². The van der Waals surface area contributed by atoms with Gasteiger partial charge in [0, 0.05) is 17.7 Å². The minimum atomic E-state index is -0.903.